The van der Waals surface area contributed by atoms with Crippen molar-refractivity contribution in [3.63, 3.8) is 0 Å². The smallest absolute Gasteiger partial charge is 0.328 e. The van der Waals surface area contributed by atoms with E-state index in [0.29, 0.717) is 4.64 Å². The summed E-state index contributed by atoms with van der Waals surface area (Å²) in [6, 6.07) is 1.57. The van der Waals surface area contributed by atoms with Crippen molar-refractivity contribution < 1.29 is 14.9 Å². The molecule has 7 heteroatoms. The molecular formula is C10H14N2O4S. The summed E-state index contributed by atoms with van der Waals surface area (Å²) < 4.78 is 7.13. The highest BCUT2D eigenvalue weighted by molar-refractivity contribution is 7.71. The van der Waals surface area contributed by atoms with Crippen LogP contribution in [0.25, 0.3) is 0 Å². The Labute approximate surface area is 102 Å². The van der Waals surface area contributed by atoms with Crippen molar-refractivity contribution in [3.8, 4) is 0 Å². The van der Waals surface area contributed by atoms with Crippen molar-refractivity contribution in [1.82, 2.24) is 9.55 Å². The van der Waals surface area contributed by atoms with Gasteiger partial charge in [0, 0.05) is 12.1 Å². The van der Waals surface area contributed by atoms with Crippen LogP contribution >= 0.6 is 12.2 Å². The molecule has 1 saturated heterocycles. The predicted molar refractivity (Wildman–Crippen MR) is 62.1 cm³/mol. The van der Waals surface area contributed by atoms with Crippen LogP contribution in [-0.2, 0) is 4.74 Å². The fourth-order valence-electron chi connectivity index (χ4n) is 1.99. The van der Waals surface area contributed by atoms with E-state index in [4.69, 9.17) is 22.1 Å². The SMILES string of the molecule is C[C@@H]1[C@@H](O)[C@@H](CO)O[C@H]1n1ccc(=S)[nH]c1=O. The van der Waals surface area contributed by atoms with Gasteiger partial charge in [-0.2, -0.15) is 0 Å². The minimum atomic E-state index is -0.792. The fourth-order valence-corrected chi connectivity index (χ4v) is 2.14. The molecule has 1 aromatic heterocycles. The van der Waals surface area contributed by atoms with Crippen molar-refractivity contribution in [3.05, 3.63) is 27.4 Å². The van der Waals surface area contributed by atoms with E-state index < -0.39 is 18.4 Å². The molecule has 1 aliphatic heterocycles. The van der Waals surface area contributed by atoms with Crippen molar-refractivity contribution in [2.45, 2.75) is 25.4 Å². The van der Waals surface area contributed by atoms with Crippen LogP contribution in [0.1, 0.15) is 13.2 Å². The molecule has 6 nitrogen and oxygen atoms in total. The van der Waals surface area contributed by atoms with Gasteiger partial charge in [0.05, 0.1) is 12.7 Å². The molecule has 0 amide bonds. The monoisotopic (exact) mass is 258 g/mol. The molecule has 1 aliphatic rings. The lowest BCUT2D eigenvalue weighted by atomic mass is 10.0. The van der Waals surface area contributed by atoms with E-state index in [0.717, 1.165) is 0 Å². The van der Waals surface area contributed by atoms with Gasteiger partial charge in [0.25, 0.3) is 0 Å². The normalized spacial score (nSPS) is 32.9. The van der Waals surface area contributed by atoms with Gasteiger partial charge in [0.2, 0.25) is 0 Å². The Morgan fingerprint density at radius 2 is 2.35 bits per heavy atom. The first kappa shape index (κ1) is 12.4. The molecule has 2 rings (SSSR count). The first-order chi connectivity index (χ1) is 8.04. The van der Waals surface area contributed by atoms with Gasteiger partial charge in [0.1, 0.15) is 17.0 Å². The highest BCUT2D eigenvalue weighted by atomic mass is 32.1. The third-order valence-corrected chi connectivity index (χ3v) is 3.23. The summed E-state index contributed by atoms with van der Waals surface area (Å²) in [6.45, 7) is 1.48. The van der Waals surface area contributed by atoms with Crippen LogP contribution in [0.15, 0.2) is 17.1 Å². The number of H-pyrrole nitrogens is 1. The van der Waals surface area contributed by atoms with Crippen LogP contribution in [0.5, 0.6) is 0 Å². The molecule has 0 unspecified atom stereocenters. The van der Waals surface area contributed by atoms with Crippen LogP contribution in [0.4, 0.5) is 0 Å². The molecule has 94 valence electrons. The predicted octanol–water partition coefficient (Wildman–Crippen LogP) is -0.207. The zero-order valence-corrected chi connectivity index (χ0v) is 10.1. The summed E-state index contributed by atoms with van der Waals surface area (Å²) in [7, 11) is 0. The number of hydrogen-bond donors (Lipinski definition) is 3. The molecule has 0 spiro atoms. The van der Waals surface area contributed by atoms with Gasteiger partial charge in [0.15, 0.2) is 0 Å². The number of hydrogen-bond acceptors (Lipinski definition) is 5. The molecular weight excluding hydrogens is 244 g/mol. The largest absolute Gasteiger partial charge is 0.394 e. The Bertz CT molecular complexity index is 512. The number of aromatic amines is 1. The molecule has 0 aromatic carbocycles. The topological polar surface area (TPSA) is 87.5 Å². The zero-order chi connectivity index (χ0) is 12.6. The van der Waals surface area contributed by atoms with E-state index in [1.54, 1.807) is 13.0 Å². The highest BCUT2D eigenvalue weighted by Crippen LogP contribution is 2.33. The van der Waals surface area contributed by atoms with E-state index >= 15 is 0 Å². The van der Waals surface area contributed by atoms with E-state index in [9.17, 15) is 9.90 Å². The molecule has 17 heavy (non-hydrogen) atoms. The third kappa shape index (κ3) is 2.19. The van der Waals surface area contributed by atoms with Crippen molar-refractivity contribution in [2.24, 2.45) is 5.92 Å². The fraction of sp³-hybridized carbons (Fsp3) is 0.600. The molecule has 1 aromatic rings. The second kappa shape index (κ2) is 4.69. The van der Waals surface area contributed by atoms with Crippen LogP contribution in [-0.4, -0.2) is 38.6 Å². The summed E-state index contributed by atoms with van der Waals surface area (Å²) in [5.74, 6) is -0.283. The van der Waals surface area contributed by atoms with E-state index in [1.165, 1.54) is 10.8 Å². The van der Waals surface area contributed by atoms with Crippen LogP contribution in [0.2, 0.25) is 0 Å². The zero-order valence-electron chi connectivity index (χ0n) is 9.24. The number of aliphatic hydroxyl groups is 2. The summed E-state index contributed by atoms with van der Waals surface area (Å²) in [5.41, 5.74) is -0.389. The highest BCUT2D eigenvalue weighted by Gasteiger charge is 2.41. The standard InChI is InChI=1S/C10H14N2O4S/c1-5-8(14)6(4-13)16-9(5)12-3-2-7(17)11-10(12)15/h2-3,5-6,8-9,13-14H,4H2,1H3,(H,11,15,17)/t5-,6-,8-,9-/m1/s1. The Morgan fingerprint density at radius 3 is 2.88 bits per heavy atom. The van der Waals surface area contributed by atoms with Gasteiger partial charge in [-0.25, -0.2) is 4.79 Å². The maximum atomic E-state index is 11.7. The molecule has 4 atom stereocenters. The molecule has 0 bridgehead atoms. The van der Waals surface area contributed by atoms with E-state index in [1.807, 2.05) is 0 Å². The number of ether oxygens (including phenoxy) is 1. The van der Waals surface area contributed by atoms with Gasteiger partial charge >= 0.3 is 5.69 Å². The maximum absolute atomic E-state index is 11.7. The molecule has 0 aliphatic carbocycles. The maximum Gasteiger partial charge on any atom is 0.328 e. The van der Waals surface area contributed by atoms with Crippen LogP contribution in [0.3, 0.4) is 0 Å². The van der Waals surface area contributed by atoms with E-state index in [-0.39, 0.29) is 18.2 Å². The number of nitrogens with zero attached hydrogens (tertiary/aromatic N) is 1. The molecule has 3 N–H and O–H groups in total. The lowest BCUT2D eigenvalue weighted by Crippen LogP contribution is -2.30. The minimum absolute atomic E-state index is 0.278. The Balaban J connectivity index is 2.35. The van der Waals surface area contributed by atoms with Crippen molar-refractivity contribution in [2.75, 3.05) is 6.61 Å². The number of aliphatic hydroxyl groups excluding tert-OH is 2. The molecule has 0 radical (unpaired) electrons. The average Bonchev–Trinajstić information content (AvgIpc) is 2.57. The Morgan fingerprint density at radius 1 is 1.65 bits per heavy atom. The first-order valence-corrected chi connectivity index (χ1v) is 5.71. The van der Waals surface area contributed by atoms with E-state index in [2.05, 4.69) is 4.98 Å². The second-order valence-electron chi connectivity index (χ2n) is 4.11. The summed E-state index contributed by atoms with van der Waals surface area (Å²) in [4.78, 5) is 14.2. The van der Waals surface area contributed by atoms with Gasteiger partial charge in [-0.3, -0.25) is 9.55 Å². The Hall–Kier alpha value is -1.02. The van der Waals surface area contributed by atoms with Crippen LogP contribution in [0, 0.1) is 10.6 Å². The third-order valence-electron chi connectivity index (χ3n) is 2.99. The number of aromatic nitrogens is 2. The molecule has 2 heterocycles. The molecule has 0 saturated carbocycles. The molecule has 1 fully saturated rings. The van der Waals surface area contributed by atoms with Gasteiger partial charge in [-0.1, -0.05) is 19.1 Å². The van der Waals surface area contributed by atoms with Crippen molar-refractivity contribution in [1.29, 1.82) is 0 Å². The number of rotatable bonds is 2. The second-order valence-corrected chi connectivity index (χ2v) is 4.55. The lowest BCUT2D eigenvalue weighted by Gasteiger charge is -2.17. The van der Waals surface area contributed by atoms with Gasteiger partial charge in [-0.15, -0.1) is 0 Å². The summed E-state index contributed by atoms with van der Waals surface area (Å²) in [5, 5.41) is 18.8. The Kier molecular flexibility index (Phi) is 3.43. The summed E-state index contributed by atoms with van der Waals surface area (Å²) >= 11 is 4.83. The van der Waals surface area contributed by atoms with Crippen LogP contribution < -0.4 is 5.69 Å². The summed E-state index contributed by atoms with van der Waals surface area (Å²) in [6.07, 6.45) is -0.527. The number of nitrogens with one attached hydrogen (secondary N) is 1. The van der Waals surface area contributed by atoms with Gasteiger partial charge in [-0.05, 0) is 6.07 Å². The average molecular weight is 258 g/mol. The van der Waals surface area contributed by atoms with Gasteiger partial charge < -0.3 is 14.9 Å². The van der Waals surface area contributed by atoms with Crippen molar-refractivity contribution >= 4 is 12.2 Å². The lowest BCUT2D eigenvalue weighted by molar-refractivity contribution is -0.0476. The quantitative estimate of drug-likeness (QED) is 0.639. The minimum Gasteiger partial charge on any atom is -0.394 e. The first-order valence-electron chi connectivity index (χ1n) is 5.30.